The van der Waals surface area contributed by atoms with E-state index in [2.05, 4.69) is 51.1 Å². The molecule has 0 atom stereocenters. The molecule has 0 unspecified atom stereocenters. The van der Waals surface area contributed by atoms with Gasteiger partial charge < -0.3 is 4.74 Å². The minimum absolute atomic E-state index is 0.263. The van der Waals surface area contributed by atoms with E-state index in [1.54, 1.807) is 0 Å². The quantitative estimate of drug-likeness (QED) is 0.715. The molecule has 0 bridgehead atoms. The number of rotatable bonds is 2. The second-order valence-electron chi connectivity index (χ2n) is 5.05. The van der Waals surface area contributed by atoms with Crippen LogP contribution in [0.15, 0.2) is 48.3 Å². The molecule has 1 aromatic carbocycles. The zero-order valence-electron chi connectivity index (χ0n) is 10.2. The average molecular weight is 214 g/mol. The first-order valence-electron chi connectivity index (χ1n) is 5.69. The number of hydrogen-bond acceptors (Lipinski definition) is 1. The van der Waals surface area contributed by atoms with Crippen LogP contribution in [0, 0.1) is 12.3 Å². The summed E-state index contributed by atoms with van der Waals surface area (Å²) in [5.74, 6) is 1.86. The predicted octanol–water partition coefficient (Wildman–Crippen LogP) is 4.24. The average Bonchev–Trinajstić information content (AvgIpc) is 2.21. The zero-order valence-corrected chi connectivity index (χ0v) is 10.2. The smallest absolute Gasteiger partial charge is 0.127 e. The van der Waals surface area contributed by atoms with Gasteiger partial charge >= 0.3 is 0 Å². The monoisotopic (exact) mass is 214 g/mol. The van der Waals surface area contributed by atoms with Gasteiger partial charge in [0.25, 0.3) is 0 Å². The highest BCUT2D eigenvalue weighted by atomic mass is 16.5. The third-order valence-electron chi connectivity index (χ3n) is 2.75. The molecule has 0 spiro atoms. The molecule has 0 amide bonds. The lowest BCUT2D eigenvalue weighted by Gasteiger charge is -2.22. The van der Waals surface area contributed by atoms with Crippen molar-refractivity contribution < 1.29 is 4.74 Å². The van der Waals surface area contributed by atoms with Crippen LogP contribution in [0.3, 0.4) is 0 Å². The molecule has 1 heteroatoms. The van der Waals surface area contributed by atoms with Gasteiger partial charge in [-0.05, 0) is 48.6 Å². The van der Waals surface area contributed by atoms with Crippen LogP contribution in [0.2, 0.25) is 0 Å². The Kier molecular flexibility index (Phi) is 2.86. The van der Waals surface area contributed by atoms with E-state index in [9.17, 15) is 0 Å². The van der Waals surface area contributed by atoms with Gasteiger partial charge in [0, 0.05) is 0 Å². The summed E-state index contributed by atoms with van der Waals surface area (Å²) < 4.78 is 5.80. The van der Waals surface area contributed by atoms with E-state index in [0.29, 0.717) is 0 Å². The topological polar surface area (TPSA) is 9.23 Å². The molecule has 0 saturated carbocycles. The normalized spacial score (nSPS) is 18.1. The molecule has 0 heterocycles. The summed E-state index contributed by atoms with van der Waals surface area (Å²) in [6.07, 6.45) is 7.46. The van der Waals surface area contributed by atoms with E-state index in [4.69, 9.17) is 4.74 Å². The van der Waals surface area contributed by atoms with Gasteiger partial charge in [0.2, 0.25) is 0 Å². The van der Waals surface area contributed by atoms with E-state index in [-0.39, 0.29) is 5.41 Å². The van der Waals surface area contributed by atoms with E-state index in [1.165, 1.54) is 5.56 Å². The van der Waals surface area contributed by atoms with E-state index >= 15 is 0 Å². The van der Waals surface area contributed by atoms with E-state index < -0.39 is 0 Å². The SMILES string of the molecule is Cc1cccc(OC2=CCC(C)(C)C=C2)c1. The molecule has 0 aliphatic heterocycles. The van der Waals surface area contributed by atoms with Crippen LogP contribution >= 0.6 is 0 Å². The predicted molar refractivity (Wildman–Crippen MR) is 67.4 cm³/mol. The first kappa shape index (κ1) is 11.0. The minimum Gasteiger partial charge on any atom is -0.458 e. The Morgan fingerprint density at radius 3 is 2.69 bits per heavy atom. The molecular weight excluding hydrogens is 196 g/mol. The zero-order chi connectivity index (χ0) is 11.6. The second kappa shape index (κ2) is 4.17. The molecule has 1 aliphatic carbocycles. The molecule has 0 fully saturated rings. The maximum Gasteiger partial charge on any atom is 0.127 e. The molecule has 0 radical (unpaired) electrons. The van der Waals surface area contributed by atoms with Gasteiger partial charge in [-0.3, -0.25) is 0 Å². The maximum absolute atomic E-state index is 5.80. The molecule has 16 heavy (non-hydrogen) atoms. The summed E-state index contributed by atoms with van der Waals surface area (Å²) in [5.41, 5.74) is 1.48. The fourth-order valence-corrected chi connectivity index (χ4v) is 1.70. The molecule has 1 aliphatic rings. The Morgan fingerprint density at radius 2 is 2.06 bits per heavy atom. The number of benzene rings is 1. The highest BCUT2D eigenvalue weighted by molar-refractivity contribution is 5.32. The molecule has 84 valence electrons. The lowest BCUT2D eigenvalue weighted by molar-refractivity contribution is 0.410. The Bertz CT molecular complexity index is 439. The summed E-state index contributed by atoms with van der Waals surface area (Å²) in [4.78, 5) is 0. The van der Waals surface area contributed by atoms with Crippen molar-refractivity contribution in [2.24, 2.45) is 5.41 Å². The summed E-state index contributed by atoms with van der Waals surface area (Å²) in [6.45, 7) is 6.52. The summed E-state index contributed by atoms with van der Waals surface area (Å²) in [5, 5.41) is 0. The molecular formula is C15H18O. The van der Waals surface area contributed by atoms with Crippen molar-refractivity contribution >= 4 is 0 Å². The Labute approximate surface area is 97.4 Å². The number of aryl methyl sites for hydroxylation is 1. The maximum atomic E-state index is 5.80. The Hall–Kier alpha value is -1.50. The first-order valence-corrected chi connectivity index (χ1v) is 5.69. The third-order valence-corrected chi connectivity index (χ3v) is 2.75. The van der Waals surface area contributed by atoms with Gasteiger partial charge in [-0.25, -0.2) is 0 Å². The lowest BCUT2D eigenvalue weighted by Crippen LogP contribution is -2.10. The van der Waals surface area contributed by atoms with E-state index in [0.717, 1.165) is 17.9 Å². The van der Waals surface area contributed by atoms with Crippen LogP contribution in [0.1, 0.15) is 25.8 Å². The summed E-state index contributed by atoms with van der Waals surface area (Å²) in [7, 11) is 0. The molecule has 1 aromatic rings. The van der Waals surface area contributed by atoms with Crippen molar-refractivity contribution in [2.75, 3.05) is 0 Å². The standard InChI is InChI=1S/C15H18O/c1-12-5-4-6-14(11-12)16-13-7-9-15(2,3)10-8-13/h4-9,11H,10H2,1-3H3. The molecule has 2 rings (SSSR count). The van der Waals surface area contributed by atoms with Crippen LogP contribution in [0.25, 0.3) is 0 Å². The van der Waals surface area contributed by atoms with Crippen molar-refractivity contribution in [2.45, 2.75) is 27.2 Å². The number of allylic oxidation sites excluding steroid dienone is 3. The lowest BCUT2D eigenvalue weighted by atomic mass is 9.86. The van der Waals surface area contributed by atoms with Gasteiger partial charge in [-0.1, -0.05) is 32.1 Å². The van der Waals surface area contributed by atoms with Gasteiger partial charge in [-0.15, -0.1) is 0 Å². The van der Waals surface area contributed by atoms with Gasteiger partial charge in [0.1, 0.15) is 11.5 Å². The van der Waals surface area contributed by atoms with Gasteiger partial charge in [-0.2, -0.15) is 0 Å². The summed E-state index contributed by atoms with van der Waals surface area (Å²) >= 11 is 0. The van der Waals surface area contributed by atoms with Crippen LogP contribution < -0.4 is 4.74 Å². The number of hydrogen-bond donors (Lipinski definition) is 0. The minimum atomic E-state index is 0.263. The molecule has 0 saturated heterocycles. The van der Waals surface area contributed by atoms with Crippen molar-refractivity contribution in [1.82, 2.24) is 0 Å². The summed E-state index contributed by atoms with van der Waals surface area (Å²) in [6, 6.07) is 8.12. The first-order chi connectivity index (χ1) is 7.55. The van der Waals surface area contributed by atoms with Crippen molar-refractivity contribution in [1.29, 1.82) is 0 Å². The van der Waals surface area contributed by atoms with Crippen LogP contribution in [0.5, 0.6) is 5.75 Å². The van der Waals surface area contributed by atoms with Gasteiger partial charge in [0.15, 0.2) is 0 Å². The molecule has 0 N–H and O–H groups in total. The van der Waals surface area contributed by atoms with Crippen LogP contribution in [0.4, 0.5) is 0 Å². The van der Waals surface area contributed by atoms with Crippen LogP contribution in [-0.2, 0) is 0 Å². The third kappa shape index (κ3) is 2.75. The fraction of sp³-hybridized carbons (Fsp3) is 0.333. The Morgan fingerprint density at radius 1 is 1.25 bits per heavy atom. The van der Waals surface area contributed by atoms with Crippen molar-refractivity contribution in [3.05, 3.63) is 53.8 Å². The Balaban J connectivity index is 2.08. The largest absolute Gasteiger partial charge is 0.458 e. The van der Waals surface area contributed by atoms with Gasteiger partial charge in [0.05, 0.1) is 0 Å². The van der Waals surface area contributed by atoms with Crippen LogP contribution in [-0.4, -0.2) is 0 Å². The van der Waals surface area contributed by atoms with Crippen molar-refractivity contribution in [3.63, 3.8) is 0 Å². The fourth-order valence-electron chi connectivity index (χ4n) is 1.70. The number of ether oxygens (including phenoxy) is 1. The molecule has 0 aromatic heterocycles. The molecule has 1 nitrogen and oxygen atoms in total. The highest BCUT2D eigenvalue weighted by Crippen LogP contribution is 2.29. The van der Waals surface area contributed by atoms with Crippen molar-refractivity contribution in [3.8, 4) is 5.75 Å². The van der Waals surface area contributed by atoms with E-state index in [1.807, 2.05) is 12.1 Å². The highest BCUT2D eigenvalue weighted by Gasteiger charge is 2.16. The second-order valence-corrected chi connectivity index (χ2v) is 5.05.